The van der Waals surface area contributed by atoms with Crippen molar-refractivity contribution in [2.24, 2.45) is 0 Å². The normalized spacial score (nSPS) is 13.7. The molecule has 152 valence electrons. The van der Waals surface area contributed by atoms with Gasteiger partial charge in [0, 0.05) is 43.9 Å². The lowest BCUT2D eigenvalue weighted by Gasteiger charge is -2.32. The monoisotopic (exact) mass is 395 g/mol. The number of nitrogens with zero attached hydrogens (tertiary/aromatic N) is 2. The SMILES string of the molecule is COc1ccccc1CCNC(=O)c1cccc(C(=O)N2CCN(C=O)CC2)c1. The Kier molecular flexibility index (Phi) is 6.84. The van der Waals surface area contributed by atoms with Gasteiger partial charge >= 0.3 is 0 Å². The van der Waals surface area contributed by atoms with Gasteiger partial charge in [0.15, 0.2) is 0 Å². The molecule has 0 radical (unpaired) electrons. The molecule has 7 nitrogen and oxygen atoms in total. The number of piperazine rings is 1. The maximum atomic E-state index is 12.7. The summed E-state index contributed by atoms with van der Waals surface area (Å²) in [6.07, 6.45) is 1.45. The number of hydrogen-bond acceptors (Lipinski definition) is 4. The van der Waals surface area contributed by atoms with E-state index in [0.717, 1.165) is 17.7 Å². The third-order valence-corrected chi connectivity index (χ3v) is 4.99. The summed E-state index contributed by atoms with van der Waals surface area (Å²) in [7, 11) is 1.62. The van der Waals surface area contributed by atoms with Gasteiger partial charge in [0.2, 0.25) is 6.41 Å². The topological polar surface area (TPSA) is 79.0 Å². The fraction of sp³-hybridized carbons (Fsp3) is 0.318. The third-order valence-electron chi connectivity index (χ3n) is 4.99. The molecular formula is C22H25N3O4. The maximum absolute atomic E-state index is 12.7. The van der Waals surface area contributed by atoms with E-state index in [1.165, 1.54) is 0 Å². The smallest absolute Gasteiger partial charge is 0.253 e. The molecule has 0 aromatic heterocycles. The van der Waals surface area contributed by atoms with Crippen molar-refractivity contribution in [3.05, 3.63) is 65.2 Å². The molecule has 1 N–H and O–H groups in total. The number of hydrogen-bond donors (Lipinski definition) is 1. The van der Waals surface area contributed by atoms with Gasteiger partial charge in [-0.25, -0.2) is 0 Å². The highest BCUT2D eigenvalue weighted by Gasteiger charge is 2.22. The minimum absolute atomic E-state index is 0.126. The molecule has 3 rings (SSSR count). The second kappa shape index (κ2) is 9.73. The van der Waals surface area contributed by atoms with Crippen LogP contribution in [-0.2, 0) is 11.2 Å². The van der Waals surface area contributed by atoms with E-state index in [2.05, 4.69) is 5.32 Å². The number of amides is 3. The molecule has 0 saturated carbocycles. The quantitative estimate of drug-likeness (QED) is 0.722. The van der Waals surface area contributed by atoms with E-state index in [0.29, 0.717) is 50.3 Å². The Morgan fingerprint density at radius 3 is 2.48 bits per heavy atom. The van der Waals surface area contributed by atoms with Crippen LogP contribution in [0.4, 0.5) is 0 Å². The van der Waals surface area contributed by atoms with E-state index in [1.54, 1.807) is 41.2 Å². The molecule has 1 aliphatic rings. The highest BCUT2D eigenvalue weighted by atomic mass is 16.5. The van der Waals surface area contributed by atoms with Gasteiger partial charge in [0.25, 0.3) is 11.8 Å². The van der Waals surface area contributed by atoms with E-state index in [1.807, 2.05) is 24.3 Å². The van der Waals surface area contributed by atoms with Crippen molar-refractivity contribution in [1.29, 1.82) is 0 Å². The van der Waals surface area contributed by atoms with Crippen LogP contribution in [-0.4, -0.2) is 67.9 Å². The second-order valence-corrected chi connectivity index (χ2v) is 6.83. The molecule has 2 aromatic carbocycles. The van der Waals surface area contributed by atoms with Crippen LogP contribution in [0.15, 0.2) is 48.5 Å². The molecule has 1 fully saturated rings. The van der Waals surface area contributed by atoms with Crippen LogP contribution >= 0.6 is 0 Å². The Morgan fingerprint density at radius 2 is 1.76 bits per heavy atom. The third kappa shape index (κ3) is 5.13. The molecule has 0 bridgehead atoms. The molecule has 1 heterocycles. The van der Waals surface area contributed by atoms with E-state index < -0.39 is 0 Å². The van der Waals surface area contributed by atoms with Crippen LogP contribution in [0.2, 0.25) is 0 Å². The van der Waals surface area contributed by atoms with Crippen LogP contribution in [0, 0.1) is 0 Å². The summed E-state index contributed by atoms with van der Waals surface area (Å²) in [5, 5.41) is 2.89. The minimum Gasteiger partial charge on any atom is -0.496 e. The van der Waals surface area contributed by atoms with E-state index >= 15 is 0 Å². The molecule has 1 aliphatic heterocycles. The lowest BCUT2D eigenvalue weighted by atomic mass is 10.1. The van der Waals surface area contributed by atoms with Crippen LogP contribution in [0.3, 0.4) is 0 Å². The molecule has 0 unspecified atom stereocenters. The summed E-state index contributed by atoms with van der Waals surface area (Å²) < 4.78 is 5.32. The molecule has 1 saturated heterocycles. The Hall–Kier alpha value is -3.35. The van der Waals surface area contributed by atoms with Gasteiger partial charge in [-0.15, -0.1) is 0 Å². The number of methoxy groups -OCH3 is 1. The molecule has 7 heteroatoms. The van der Waals surface area contributed by atoms with Crippen molar-refractivity contribution in [3.8, 4) is 5.75 Å². The minimum atomic E-state index is -0.222. The zero-order chi connectivity index (χ0) is 20.6. The first-order valence-electron chi connectivity index (χ1n) is 9.61. The summed E-state index contributed by atoms with van der Waals surface area (Å²) in [6, 6.07) is 14.4. The van der Waals surface area contributed by atoms with Gasteiger partial charge in [-0.3, -0.25) is 14.4 Å². The number of rotatable bonds is 7. The van der Waals surface area contributed by atoms with Gasteiger partial charge in [0.1, 0.15) is 5.75 Å². The van der Waals surface area contributed by atoms with Gasteiger partial charge < -0.3 is 19.9 Å². The van der Waals surface area contributed by atoms with E-state index in [4.69, 9.17) is 4.74 Å². The summed E-state index contributed by atoms with van der Waals surface area (Å²) in [4.78, 5) is 39.4. The largest absolute Gasteiger partial charge is 0.496 e. The number of nitrogens with one attached hydrogen (secondary N) is 1. The molecular weight excluding hydrogens is 370 g/mol. The fourth-order valence-electron chi connectivity index (χ4n) is 3.33. The average molecular weight is 395 g/mol. The Morgan fingerprint density at radius 1 is 1.03 bits per heavy atom. The molecule has 0 spiro atoms. The Labute approximate surface area is 170 Å². The molecule has 3 amide bonds. The Bertz CT molecular complexity index is 876. The predicted octanol–water partition coefficient (Wildman–Crippen LogP) is 1.58. The van der Waals surface area contributed by atoms with Crippen LogP contribution in [0.25, 0.3) is 0 Å². The van der Waals surface area contributed by atoms with Gasteiger partial charge in [0.05, 0.1) is 7.11 Å². The number of para-hydroxylation sites is 1. The van der Waals surface area contributed by atoms with Crippen molar-refractivity contribution in [2.75, 3.05) is 39.8 Å². The fourth-order valence-corrected chi connectivity index (χ4v) is 3.33. The van der Waals surface area contributed by atoms with Crippen LogP contribution in [0.5, 0.6) is 5.75 Å². The number of ether oxygens (including phenoxy) is 1. The average Bonchev–Trinajstić information content (AvgIpc) is 2.79. The first-order chi connectivity index (χ1) is 14.1. The lowest BCUT2D eigenvalue weighted by Crippen LogP contribution is -2.48. The second-order valence-electron chi connectivity index (χ2n) is 6.83. The van der Waals surface area contributed by atoms with Crippen molar-refractivity contribution in [1.82, 2.24) is 15.1 Å². The Balaban J connectivity index is 1.58. The maximum Gasteiger partial charge on any atom is 0.253 e. The molecule has 0 atom stereocenters. The summed E-state index contributed by atoms with van der Waals surface area (Å²) in [5.41, 5.74) is 1.94. The number of benzene rings is 2. The van der Waals surface area contributed by atoms with Gasteiger partial charge in [-0.2, -0.15) is 0 Å². The van der Waals surface area contributed by atoms with E-state index in [-0.39, 0.29) is 11.8 Å². The first kappa shape index (κ1) is 20.4. The van der Waals surface area contributed by atoms with Crippen LogP contribution in [0.1, 0.15) is 26.3 Å². The van der Waals surface area contributed by atoms with Gasteiger partial charge in [-0.05, 0) is 36.2 Å². The lowest BCUT2D eigenvalue weighted by molar-refractivity contribution is -0.119. The predicted molar refractivity (Wildman–Crippen MR) is 109 cm³/mol. The van der Waals surface area contributed by atoms with Crippen molar-refractivity contribution >= 4 is 18.2 Å². The van der Waals surface area contributed by atoms with Crippen molar-refractivity contribution in [3.63, 3.8) is 0 Å². The summed E-state index contributed by atoms with van der Waals surface area (Å²) in [6.45, 7) is 2.50. The molecule has 29 heavy (non-hydrogen) atoms. The summed E-state index contributed by atoms with van der Waals surface area (Å²) >= 11 is 0. The highest BCUT2D eigenvalue weighted by molar-refractivity contribution is 5.99. The number of carbonyl (C=O) groups is 3. The standard InChI is InChI=1S/C22H25N3O4/c1-29-20-8-3-2-5-17(20)9-10-23-21(27)18-6-4-7-19(15-18)22(28)25-13-11-24(16-26)12-14-25/h2-8,15-16H,9-14H2,1H3,(H,23,27). The highest BCUT2D eigenvalue weighted by Crippen LogP contribution is 2.17. The zero-order valence-corrected chi connectivity index (χ0v) is 16.5. The van der Waals surface area contributed by atoms with Crippen LogP contribution < -0.4 is 10.1 Å². The molecule has 0 aliphatic carbocycles. The first-order valence-corrected chi connectivity index (χ1v) is 9.61. The number of carbonyl (C=O) groups excluding carboxylic acids is 3. The van der Waals surface area contributed by atoms with Crippen molar-refractivity contribution < 1.29 is 19.1 Å². The van der Waals surface area contributed by atoms with Gasteiger partial charge in [-0.1, -0.05) is 24.3 Å². The van der Waals surface area contributed by atoms with E-state index in [9.17, 15) is 14.4 Å². The zero-order valence-electron chi connectivity index (χ0n) is 16.5. The molecule has 2 aromatic rings. The summed E-state index contributed by atoms with van der Waals surface area (Å²) in [5.74, 6) is 0.448. The van der Waals surface area contributed by atoms with Crippen molar-refractivity contribution in [2.45, 2.75) is 6.42 Å².